The average molecular weight is 237 g/mol. The molecule has 1 aromatic rings. The molecular weight excluding hydrogens is 218 g/mol. The van der Waals surface area contributed by atoms with Gasteiger partial charge in [-0.2, -0.15) is 0 Å². The molecule has 1 aromatic carbocycles. The Balaban J connectivity index is 2.78. The van der Waals surface area contributed by atoms with E-state index in [9.17, 15) is 9.90 Å². The van der Waals surface area contributed by atoms with Gasteiger partial charge in [0.05, 0.1) is 12.5 Å². The van der Waals surface area contributed by atoms with Crippen LogP contribution in [0.3, 0.4) is 0 Å². The Morgan fingerprint density at radius 2 is 1.88 bits per heavy atom. The number of rotatable bonds is 6. The quantitative estimate of drug-likeness (QED) is 0.702. The molecule has 3 N–H and O–H groups in total. The second-order valence-corrected chi connectivity index (χ2v) is 4.38. The van der Waals surface area contributed by atoms with Crippen LogP contribution in [0, 0.1) is 0 Å². The number of benzene rings is 1. The van der Waals surface area contributed by atoms with Gasteiger partial charge in [0.2, 0.25) is 0 Å². The Labute approximate surface area is 101 Å². The standard InChI is InChI=1S/C13H19NO3/c1-9(2)14-11(8-12(15)16)13(17)10-6-4-3-5-7-10/h3-7,9,11,13-14,17H,8H2,1-2H3,(H,15,16). The van der Waals surface area contributed by atoms with Crippen molar-refractivity contribution in [2.75, 3.05) is 0 Å². The van der Waals surface area contributed by atoms with Crippen LogP contribution in [0.15, 0.2) is 30.3 Å². The number of aliphatic carboxylic acids is 1. The highest BCUT2D eigenvalue weighted by atomic mass is 16.4. The molecule has 0 fully saturated rings. The van der Waals surface area contributed by atoms with Gasteiger partial charge in [-0.05, 0) is 5.56 Å². The van der Waals surface area contributed by atoms with Crippen molar-refractivity contribution in [2.45, 2.75) is 38.5 Å². The summed E-state index contributed by atoms with van der Waals surface area (Å²) in [5, 5.41) is 22.1. The topological polar surface area (TPSA) is 69.6 Å². The summed E-state index contributed by atoms with van der Waals surface area (Å²) in [4.78, 5) is 10.8. The van der Waals surface area contributed by atoms with E-state index in [4.69, 9.17) is 5.11 Å². The van der Waals surface area contributed by atoms with Crippen molar-refractivity contribution < 1.29 is 15.0 Å². The zero-order valence-corrected chi connectivity index (χ0v) is 10.1. The smallest absolute Gasteiger partial charge is 0.305 e. The minimum absolute atomic E-state index is 0.103. The van der Waals surface area contributed by atoms with Crippen LogP contribution in [-0.4, -0.2) is 28.3 Å². The molecule has 0 aliphatic carbocycles. The van der Waals surface area contributed by atoms with Crippen LogP contribution < -0.4 is 5.32 Å². The molecule has 0 saturated heterocycles. The van der Waals surface area contributed by atoms with Crippen molar-refractivity contribution in [1.82, 2.24) is 5.32 Å². The predicted molar refractivity (Wildman–Crippen MR) is 65.7 cm³/mol. The predicted octanol–water partition coefficient (Wildman–Crippen LogP) is 1.56. The van der Waals surface area contributed by atoms with Crippen LogP contribution >= 0.6 is 0 Å². The van der Waals surface area contributed by atoms with E-state index < -0.39 is 18.1 Å². The molecule has 2 unspecified atom stereocenters. The number of carbonyl (C=O) groups is 1. The fraction of sp³-hybridized carbons (Fsp3) is 0.462. The molecule has 0 amide bonds. The van der Waals surface area contributed by atoms with Gasteiger partial charge >= 0.3 is 5.97 Å². The van der Waals surface area contributed by atoms with E-state index in [2.05, 4.69) is 5.32 Å². The van der Waals surface area contributed by atoms with E-state index in [1.807, 2.05) is 32.0 Å². The summed E-state index contributed by atoms with van der Waals surface area (Å²) in [6, 6.07) is 8.74. The summed E-state index contributed by atoms with van der Waals surface area (Å²) < 4.78 is 0. The summed E-state index contributed by atoms with van der Waals surface area (Å²) in [6.45, 7) is 3.85. The first kappa shape index (κ1) is 13.7. The number of nitrogens with one attached hydrogen (secondary N) is 1. The summed E-state index contributed by atoms with van der Waals surface area (Å²) >= 11 is 0. The number of hydrogen-bond acceptors (Lipinski definition) is 3. The maximum Gasteiger partial charge on any atom is 0.305 e. The van der Waals surface area contributed by atoms with Gasteiger partial charge in [-0.15, -0.1) is 0 Å². The van der Waals surface area contributed by atoms with Gasteiger partial charge in [-0.3, -0.25) is 4.79 Å². The Bertz CT molecular complexity index is 351. The van der Waals surface area contributed by atoms with Crippen LogP contribution in [0.2, 0.25) is 0 Å². The maximum atomic E-state index is 10.8. The number of hydrogen-bond donors (Lipinski definition) is 3. The molecule has 2 atom stereocenters. The van der Waals surface area contributed by atoms with Crippen LogP contribution in [-0.2, 0) is 4.79 Å². The Hall–Kier alpha value is -1.39. The maximum absolute atomic E-state index is 10.8. The fourth-order valence-electron chi connectivity index (χ4n) is 1.76. The molecular formula is C13H19NO3. The Kier molecular flexibility index (Phi) is 5.12. The molecule has 0 saturated carbocycles. The lowest BCUT2D eigenvalue weighted by Crippen LogP contribution is -2.40. The van der Waals surface area contributed by atoms with E-state index >= 15 is 0 Å². The van der Waals surface area contributed by atoms with Crippen LogP contribution in [0.25, 0.3) is 0 Å². The average Bonchev–Trinajstić information content (AvgIpc) is 2.27. The van der Waals surface area contributed by atoms with E-state index in [0.29, 0.717) is 0 Å². The molecule has 1 rings (SSSR count). The van der Waals surface area contributed by atoms with Crippen LogP contribution in [0.4, 0.5) is 0 Å². The lowest BCUT2D eigenvalue weighted by atomic mass is 9.99. The third kappa shape index (κ3) is 4.54. The van der Waals surface area contributed by atoms with Crippen molar-refractivity contribution >= 4 is 5.97 Å². The van der Waals surface area contributed by atoms with Gasteiger partial charge in [0.15, 0.2) is 0 Å². The van der Waals surface area contributed by atoms with Crippen molar-refractivity contribution in [1.29, 1.82) is 0 Å². The van der Waals surface area contributed by atoms with Gasteiger partial charge < -0.3 is 15.5 Å². The Morgan fingerprint density at radius 1 is 1.29 bits per heavy atom. The highest BCUT2D eigenvalue weighted by molar-refractivity contribution is 5.67. The van der Waals surface area contributed by atoms with Crippen molar-refractivity contribution in [2.24, 2.45) is 0 Å². The van der Waals surface area contributed by atoms with Crippen LogP contribution in [0.5, 0.6) is 0 Å². The van der Waals surface area contributed by atoms with E-state index in [0.717, 1.165) is 5.56 Å². The second-order valence-electron chi connectivity index (χ2n) is 4.38. The largest absolute Gasteiger partial charge is 0.481 e. The number of aliphatic hydroxyl groups is 1. The lowest BCUT2D eigenvalue weighted by molar-refractivity contribution is -0.138. The Morgan fingerprint density at radius 3 is 2.35 bits per heavy atom. The van der Waals surface area contributed by atoms with E-state index in [-0.39, 0.29) is 12.5 Å². The van der Waals surface area contributed by atoms with E-state index in [1.165, 1.54) is 0 Å². The number of carboxylic acid groups (broad SMARTS) is 1. The third-order valence-corrected chi connectivity index (χ3v) is 2.46. The first-order valence-electron chi connectivity index (χ1n) is 5.71. The monoisotopic (exact) mass is 237 g/mol. The second kappa shape index (κ2) is 6.37. The summed E-state index contributed by atoms with van der Waals surface area (Å²) in [6.07, 6.45) is -0.913. The van der Waals surface area contributed by atoms with Gasteiger partial charge in [0.25, 0.3) is 0 Å². The summed E-state index contributed by atoms with van der Waals surface area (Å²) in [7, 11) is 0. The first-order valence-corrected chi connectivity index (χ1v) is 5.71. The normalized spacial score (nSPS) is 14.6. The number of carboxylic acids is 1. The van der Waals surface area contributed by atoms with Gasteiger partial charge in [0, 0.05) is 12.1 Å². The number of aliphatic hydroxyl groups excluding tert-OH is 1. The van der Waals surface area contributed by atoms with Gasteiger partial charge in [-0.25, -0.2) is 0 Å². The SMILES string of the molecule is CC(C)NC(CC(=O)O)C(O)c1ccccc1. The van der Waals surface area contributed by atoms with Gasteiger partial charge in [-0.1, -0.05) is 44.2 Å². The molecule has 0 aromatic heterocycles. The van der Waals surface area contributed by atoms with Crippen molar-refractivity contribution in [3.63, 3.8) is 0 Å². The molecule has 0 spiro atoms. The molecule has 0 radical (unpaired) electrons. The minimum Gasteiger partial charge on any atom is -0.481 e. The third-order valence-electron chi connectivity index (χ3n) is 2.46. The fourth-order valence-corrected chi connectivity index (χ4v) is 1.76. The molecule has 0 bridgehead atoms. The minimum atomic E-state index is -0.918. The van der Waals surface area contributed by atoms with Crippen molar-refractivity contribution in [3.05, 3.63) is 35.9 Å². The summed E-state index contributed by atoms with van der Waals surface area (Å²) in [5.74, 6) is -0.918. The zero-order chi connectivity index (χ0) is 12.8. The molecule has 4 nitrogen and oxygen atoms in total. The highest BCUT2D eigenvalue weighted by Crippen LogP contribution is 2.19. The molecule has 0 heterocycles. The zero-order valence-electron chi connectivity index (χ0n) is 10.1. The summed E-state index contributed by atoms with van der Waals surface area (Å²) in [5.41, 5.74) is 0.729. The molecule has 17 heavy (non-hydrogen) atoms. The van der Waals surface area contributed by atoms with E-state index in [1.54, 1.807) is 12.1 Å². The molecule has 4 heteroatoms. The molecule has 0 aliphatic heterocycles. The lowest BCUT2D eigenvalue weighted by Gasteiger charge is -2.25. The molecule has 94 valence electrons. The first-order chi connectivity index (χ1) is 8.00. The highest BCUT2D eigenvalue weighted by Gasteiger charge is 2.23. The van der Waals surface area contributed by atoms with Gasteiger partial charge in [0.1, 0.15) is 0 Å². The van der Waals surface area contributed by atoms with Crippen LogP contribution in [0.1, 0.15) is 31.9 Å². The van der Waals surface area contributed by atoms with Crippen molar-refractivity contribution in [3.8, 4) is 0 Å². The molecule has 0 aliphatic rings.